The predicted octanol–water partition coefficient (Wildman–Crippen LogP) is 1.44. The molecule has 1 aliphatic heterocycles. The van der Waals surface area contributed by atoms with E-state index < -0.39 is 0 Å². The first-order valence-electron chi connectivity index (χ1n) is 5.12. The molecule has 1 aromatic rings. The van der Waals surface area contributed by atoms with E-state index in [-0.39, 0.29) is 5.41 Å². The highest BCUT2D eigenvalue weighted by molar-refractivity contribution is 5.47. The summed E-state index contributed by atoms with van der Waals surface area (Å²) < 4.78 is 2.06. The Morgan fingerprint density at radius 2 is 2.21 bits per heavy atom. The van der Waals surface area contributed by atoms with Crippen molar-refractivity contribution in [3.63, 3.8) is 0 Å². The fourth-order valence-corrected chi connectivity index (χ4v) is 3.20. The maximum atomic E-state index is 4.42. The number of fused-ring (bicyclic) bond motifs is 1. The minimum atomic E-state index is 0.205. The van der Waals surface area contributed by atoms with E-state index in [1.807, 2.05) is 0 Å². The van der Waals surface area contributed by atoms with Crippen molar-refractivity contribution < 1.29 is 0 Å². The topological polar surface area (TPSA) is 30.7 Å². The predicted molar refractivity (Wildman–Crippen MR) is 51.6 cm³/mol. The third kappa shape index (κ3) is 0.541. The largest absolute Gasteiger partial charge is 0.249 e. The minimum Gasteiger partial charge on any atom is -0.249 e. The molecule has 3 aliphatic rings. The lowest BCUT2D eigenvalue weighted by Gasteiger charge is -2.27. The lowest BCUT2D eigenvalue weighted by molar-refractivity contribution is 0.375. The van der Waals surface area contributed by atoms with Crippen LogP contribution in [0.5, 0.6) is 0 Å². The second kappa shape index (κ2) is 1.85. The summed E-state index contributed by atoms with van der Waals surface area (Å²) in [5, 5.41) is 4.26. The Bertz CT molecular complexity index is 471. The summed E-state index contributed by atoms with van der Waals surface area (Å²) in [7, 11) is 0. The average Bonchev–Trinajstić information content (AvgIpc) is 2.68. The zero-order valence-electron chi connectivity index (χ0n) is 7.85. The first-order valence-corrected chi connectivity index (χ1v) is 5.12. The van der Waals surface area contributed by atoms with Crippen molar-refractivity contribution >= 4 is 0 Å². The molecule has 2 atom stereocenters. The molecule has 0 saturated heterocycles. The first kappa shape index (κ1) is 6.98. The number of aryl methyl sites for hydroxylation is 1. The molecule has 0 bridgehead atoms. The number of nitrogens with zero attached hydrogens (tertiary/aromatic N) is 3. The molecule has 1 fully saturated rings. The van der Waals surface area contributed by atoms with Crippen molar-refractivity contribution in [1.82, 2.24) is 14.8 Å². The molecule has 0 aromatic carbocycles. The van der Waals surface area contributed by atoms with Gasteiger partial charge in [0.25, 0.3) is 0 Å². The Hall–Kier alpha value is -1.38. The molecule has 3 heteroatoms. The van der Waals surface area contributed by atoms with Crippen LogP contribution in [-0.4, -0.2) is 14.8 Å². The summed E-state index contributed by atoms with van der Waals surface area (Å²) >= 11 is 0. The van der Waals surface area contributed by atoms with Crippen LogP contribution < -0.4 is 0 Å². The normalized spacial score (nSPS) is 41.4. The van der Waals surface area contributed by atoms with Crippen LogP contribution in [-0.2, 0) is 12.0 Å². The highest BCUT2D eigenvalue weighted by Crippen LogP contribution is 2.70. The molecule has 0 radical (unpaired) electrons. The Labute approximate surface area is 82.1 Å². The maximum Gasteiger partial charge on any atom is 0.138 e. The van der Waals surface area contributed by atoms with Gasteiger partial charge < -0.3 is 0 Å². The second-order valence-electron chi connectivity index (χ2n) is 4.58. The highest BCUT2D eigenvalue weighted by atomic mass is 15.4. The van der Waals surface area contributed by atoms with Crippen molar-refractivity contribution in [2.45, 2.75) is 24.8 Å². The standard InChI is InChI=1S/C11H11N3/c1-2-4-11-7-10(11,3-1)5-6-14-9(11)12-8-13-14/h1-4,8H,5-7H2. The molecule has 14 heavy (non-hydrogen) atoms. The zero-order valence-corrected chi connectivity index (χ0v) is 7.85. The fraction of sp³-hybridized carbons (Fsp3) is 0.455. The monoisotopic (exact) mass is 185 g/mol. The van der Waals surface area contributed by atoms with Gasteiger partial charge in [-0.05, 0) is 12.8 Å². The van der Waals surface area contributed by atoms with Crippen molar-refractivity contribution in [3.8, 4) is 0 Å². The molecule has 0 amide bonds. The van der Waals surface area contributed by atoms with E-state index >= 15 is 0 Å². The van der Waals surface area contributed by atoms with E-state index in [9.17, 15) is 0 Å². The number of allylic oxidation sites excluding steroid dienone is 4. The van der Waals surface area contributed by atoms with Gasteiger partial charge in [0.1, 0.15) is 12.2 Å². The van der Waals surface area contributed by atoms with Crippen LogP contribution >= 0.6 is 0 Å². The van der Waals surface area contributed by atoms with Gasteiger partial charge in [0.15, 0.2) is 0 Å². The van der Waals surface area contributed by atoms with Crippen molar-refractivity contribution in [3.05, 3.63) is 36.5 Å². The molecule has 70 valence electrons. The number of rotatable bonds is 0. The Kier molecular flexibility index (Phi) is 0.923. The molecule has 2 heterocycles. The van der Waals surface area contributed by atoms with Crippen LogP contribution in [0.15, 0.2) is 30.6 Å². The average molecular weight is 185 g/mol. The minimum absolute atomic E-state index is 0.205. The zero-order chi connectivity index (χ0) is 9.23. The molecule has 2 unspecified atom stereocenters. The molecule has 1 saturated carbocycles. The Morgan fingerprint density at radius 3 is 3.21 bits per heavy atom. The van der Waals surface area contributed by atoms with Gasteiger partial charge >= 0.3 is 0 Å². The molecule has 3 nitrogen and oxygen atoms in total. The van der Waals surface area contributed by atoms with Gasteiger partial charge in [-0.25, -0.2) is 9.67 Å². The van der Waals surface area contributed by atoms with Crippen molar-refractivity contribution in [1.29, 1.82) is 0 Å². The molecule has 1 aromatic heterocycles. The van der Waals surface area contributed by atoms with Crippen molar-refractivity contribution in [2.75, 3.05) is 0 Å². The lowest BCUT2D eigenvalue weighted by atomic mass is 9.83. The quantitative estimate of drug-likeness (QED) is 0.612. The van der Waals surface area contributed by atoms with Crippen LogP contribution in [0.25, 0.3) is 0 Å². The van der Waals surface area contributed by atoms with E-state index in [2.05, 4.69) is 39.1 Å². The van der Waals surface area contributed by atoms with Crippen LogP contribution in [0.2, 0.25) is 0 Å². The molecule has 4 rings (SSSR count). The molecule has 2 aliphatic carbocycles. The molecular formula is C11H11N3. The molecule has 0 N–H and O–H groups in total. The molecular weight excluding hydrogens is 174 g/mol. The van der Waals surface area contributed by atoms with Crippen molar-refractivity contribution in [2.24, 2.45) is 5.41 Å². The van der Waals surface area contributed by atoms with Gasteiger partial charge in [-0.3, -0.25) is 0 Å². The van der Waals surface area contributed by atoms with Gasteiger partial charge in [-0.2, -0.15) is 5.10 Å². The highest BCUT2D eigenvalue weighted by Gasteiger charge is 2.69. The number of aromatic nitrogens is 3. The Morgan fingerprint density at radius 1 is 1.29 bits per heavy atom. The van der Waals surface area contributed by atoms with Gasteiger partial charge in [-0.15, -0.1) is 0 Å². The third-order valence-electron chi connectivity index (χ3n) is 4.05. The third-order valence-corrected chi connectivity index (χ3v) is 4.05. The summed E-state index contributed by atoms with van der Waals surface area (Å²) in [6.45, 7) is 1.02. The maximum absolute atomic E-state index is 4.42. The first-order chi connectivity index (χ1) is 6.86. The summed E-state index contributed by atoms with van der Waals surface area (Å²) in [6, 6.07) is 0. The summed E-state index contributed by atoms with van der Waals surface area (Å²) in [4.78, 5) is 4.42. The fourth-order valence-electron chi connectivity index (χ4n) is 3.20. The summed E-state index contributed by atoms with van der Waals surface area (Å²) in [6.07, 6.45) is 13.1. The van der Waals surface area contributed by atoms with E-state index in [1.165, 1.54) is 18.7 Å². The van der Waals surface area contributed by atoms with Gasteiger partial charge in [0.05, 0.1) is 5.41 Å². The van der Waals surface area contributed by atoms with Crippen LogP contribution in [0, 0.1) is 5.41 Å². The smallest absolute Gasteiger partial charge is 0.138 e. The van der Waals surface area contributed by atoms with Gasteiger partial charge in [-0.1, -0.05) is 24.3 Å². The van der Waals surface area contributed by atoms with E-state index in [4.69, 9.17) is 0 Å². The molecule has 0 spiro atoms. The Balaban J connectivity index is 2.00. The van der Waals surface area contributed by atoms with E-state index in [0.717, 1.165) is 6.54 Å². The lowest BCUT2D eigenvalue weighted by Crippen LogP contribution is -2.28. The van der Waals surface area contributed by atoms with Crippen LogP contribution in [0.3, 0.4) is 0 Å². The van der Waals surface area contributed by atoms with Gasteiger partial charge in [0.2, 0.25) is 0 Å². The number of hydrogen-bond acceptors (Lipinski definition) is 2. The van der Waals surface area contributed by atoms with Gasteiger partial charge in [0, 0.05) is 12.0 Å². The van der Waals surface area contributed by atoms with E-state index in [1.54, 1.807) is 6.33 Å². The number of hydrogen-bond donors (Lipinski definition) is 0. The van der Waals surface area contributed by atoms with E-state index in [0.29, 0.717) is 5.41 Å². The SMILES string of the molecule is C1=CC23CCn4ncnc4C2(C=C1)C3. The second-order valence-corrected chi connectivity index (χ2v) is 4.58. The van der Waals surface area contributed by atoms with Crippen LogP contribution in [0.1, 0.15) is 18.7 Å². The summed E-state index contributed by atoms with van der Waals surface area (Å²) in [5.41, 5.74) is 0.598. The van der Waals surface area contributed by atoms with Crippen LogP contribution in [0.4, 0.5) is 0 Å². The summed E-state index contributed by atoms with van der Waals surface area (Å²) in [5.74, 6) is 1.17.